The van der Waals surface area contributed by atoms with Crippen molar-refractivity contribution in [3.8, 4) is 5.75 Å². The number of hydrogen-bond acceptors (Lipinski definition) is 6. The number of benzene rings is 1. The lowest BCUT2D eigenvalue weighted by molar-refractivity contribution is -0.544. The molecule has 2 atom stereocenters. The van der Waals surface area contributed by atoms with Gasteiger partial charge in [-0.2, -0.15) is 0 Å². The second kappa shape index (κ2) is 6.75. The highest BCUT2D eigenvalue weighted by Gasteiger charge is 2.51. The van der Waals surface area contributed by atoms with Crippen LogP contribution >= 0.6 is 0 Å². The fourth-order valence-corrected chi connectivity index (χ4v) is 2.99. The molecule has 26 heavy (non-hydrogen) atoms. The van der Waals surface area contributed by atoms with Crippen molar-refractivity contribution in [3.63, 3.8) is 0 Å². The fourth-order valence-electron chi connectivity index (χ4n) is 2.99. The standard InChI is InChI=1S/C17H21N5O4/c1-10-5-4-6-12(7-10)26-9-11(23)8-22-13-14(19-16(22)18)20(2)17(25)21(3)15(13)24/h4-7,11,13,18,23H,8-9H2,1-3H3/p+1. The topological polar surface area (TPSA) is 111 Å². The summed E-state index contributed by atoms with van der Waals surface area (Å²) >= 11 is 0. The number of imide groups is 1. The smallest absolute Gasteiger partial charge is 0.387 e. The lowest BCUT2D eigenvalue weighted by atomic mass is 10.1. The summed E-state index contributed by atoms with van der Waals surface area (Å²) < 4.78 is 7.08. The van der Waals surface area contributed by atoms with E-state index in [4.69, 9.17) is 10.5 Å². The number of carbonyl (C=O) groups excluding carboxylic acids is 2. The van der Waals surface area contributed by atoms with Crippen LogP contribution in [0.25, 0.3) is 0 Å². The minimum atomic E-state index is -0.898. The number of rotatable bonds is 5. The van der Waals surface area contributed by atoms with E-state index >= 15 is 0 Å². The van der Waals surface area contributed by atoms with Crippen molar-refractivity contribution in [2.45, 2.75) is 19.1 Å². The molecule has 2 unspecified atom stereocenters. The van der Waals surface area contributed by atoms with Crippen LogP contribution < -0.4 is 10.5 Å². The normalized spacial score (nSPS) is 21.1. The monoisotopic (exact) mass is 360 g/mol. The van der Waals surface area contributed by atoms with Crippen LogP contribution in [0.5, 0.6) is 5.75 Å². The van der Waals surface area contributed by atoms with Gasteiger partial charge in [0.25, 0.3) is 5.91 Å². The second-order valence-corrected chi connectivity index (χ2v) is 6.40. The molecule has 0 spiro atoms. The molecule has 3 N–H and O–H groups in total. The number of hydrogen-bond donors (Lipinski definition) is 2. The maximum absolute atomic E-state index is 12.5. The van der Waals surface area contributed by atoms with Gasteiger partial charge in [-0.25, -0.2) is 9.37 Å². The number of guanidine groups is 1. The molecule has 1 aromatic carbocycles. The number of ether oxygens (including phenoxy) is 1. The molecular formula is C17H22N5O4+. The summed E-state index contributed by atoms with van der Waals surface area (Å²) in [6.07, 6.45) is -0.898. The summed E-state index contributed by atoms with van der Waals surface area (Å²) in [6, 6.07) is 6.19. The Kier molecular flexibility index (Phi) is 4.64. The first-order valence-electron chi connectivity index (χ1n) is 8.20. The third kappa shape index (κ3) is 3.13. The number of aliphatic hydroxyl groups is 1. The Bertz CT molecular complexity index is 819. The highest BCUT2D eigenvalue weighted by atomic mass is 16.5. The summed E-state index contributed by atoms with van der Waals surface area (Å²) in [5.41, 5.74) is 6.98. The van der Waals surface area contributed by atoms with Crippen LogP contribution in [0.15, 0.2) is 29.3 Å². The van der Waals surface area contributed by atoms with E-state index in [1.54, 1.807) is 6.07 Å². The number of urea groups is 1. The summed E-state index contributed by atoms with van der Waals surface area (Å²) in [4.78, 5) is 30.9. The molecule has 0 saturated carbocycles. The molecule has 0 aliphatic carbocycles. The number of fused-ring (bicyclic) bond motifs is 1. The van der Waals surface area contributed by atoms with Gasteiger partial charge in [-0.3, -0.25) is 20.3 Å². The number of nitrogens with two attached hydrogens (primary N) is 1. The summed E-state index contributed by atoms with van der Waals surface area (Å²) in [7, 11) is 2.94. The second-order valence-electron chi connectivity index (χ2n) is 6.40. The highest BCUT2D eigenvalue weighted by Crippen LogP contribution is 2.18. The minimum absolute atomic E-state index is 0.0358. The van der Waals surface area contributed by atoms with Crippen molar-refractivity contribution in [2.24, 2.45) is 10.7 Å². The van der Waals surface area contributed by atoms with Crippen LogP contribution in [0, 0.1) is 6.92 Å². The lowest BCUT2D eigenvalue weighted by Gasteiger charge is -2.32. The van der Waals surface area contributed by atoms with Gasteiger partial charge in [0.15, 0.2) is 0 Å². The zero-order valence-corrected chi connectivity index (χ0v) is 14.9. The van der Waals surface area contributed by atoms with Crippen molar-refractivity contribution >= 4 is 23.7 Å². The third-order valence-electron chi connectivity index (χ3n) is 4.40. The van der Waals surface area contributed by atoms with Crippen LogP contribution in [-0.2, 0) is 4.79 Å². The zero-order chi connectivity index (χ0) is 19.0. The predicted molar refractivity (Wildman–Crippen MR) is 94.2 cm³/mol. The number of aryl methyl sites for hydroxylation is 1. The molecule has 0 bridgehead atoms. The molecular weight excluding hydrogens is 338 g/mol. The van der Waals surface area contributed by atoms with E-state index in [0.29, 0.717) is 5.75 Å². The number of amides is 3. The molecule has 1 aromatic rings. The Morgan fingerprint density at radius 2 is 2.08 bits per heavy atom. The maximum Gasteiger partial charge on any atom is 0.387 e. The van der Waals surface area contributed by atoms with Crippen LogP contribution in [0.1, 0.15) is 5.56 Å². The Labute approximate surface area is 151 Å². The van der Waals surface area contributed by atoms with E-state index in [2.05, 4.69) is 4.99 Å². The number of nitrogens with zero attached hydrogens (tertiary/aromatic N) is 4. The van der Waals surface area contributed by atoms with Crippen molar-refractivity contribution in [2.75, 3.05) is 27.2 Å². The Morgan fingerprint density at radius 1 is 1.35 bits per heavy atom. The van der Waals surface area contributed by atoms with Crippen LogP contribution in [0.3, 0.4) is 0 Å². The van der Waals surface area contributed by atoms with Gasteiger partial charge in [0.1, 0.15) is 18.5 Å². The van der Waals surface area contributed by atoms with Crippen LogP contribution in [-0.4, -0.2) is 82.6 Å². The Hall–Kier alpha value is -2.94. The van der Waals surface area contributed by atoms with Crippen LogP contribution in [0.2, 0.25) is 0 Å². The first-order chi connectivity index (χ1) is 12.3. The third-order valence-corrected chi connectivity index (χ3v) is 4.40. The number of aliphatic hydroxyl groups excluding tert-OH is 1. The maximum atomic E-state index is 12.5. The molecule has 1 saturated heterocycles. The lowest BCUT2D eigenvalue weighted by Crippen LogP contribution is -2.62. The number of carbonyl (C=O) groups is 2. The van der Waals surface area contributed by atoms with Gasteiger partial charge in [-0.05, 0) is 24.6 Å². The predicted octanol–water partition coefficient (Wildman–Crippen LogP) is -0.634. The quantitative estimate of drug-likeness (QED) is 0.679. The average molecular weight is 360 g/mol. The Morgan fingerprint density at radius 3 is 2.77 bits per heavy atom. The first-order valence-corrected chi connectivity index (χ1v) is 8.20. The summed E-state index contributed by atoms with van der Waals surface area (Å²) in [5.74, 6) is 0.572. The van der Waals surface area contributed by atoms with Gasteiger partial charge in [0, 0.05) is 14.1 Å². The molecule has 2 aliphatic rings. The molecule has 1 fully saturated rings. The SMILES string of the molecule is Cc1cccc(OCC(O)C[N+]2=C(N)N=C3C2C(=O)N(C)C(=O)N3C)c1. The van der Waals surface area contributed by atoms with Gasteiger partial charge in [0.2, 0.25) is 11.9 Å². The fraction of sp³-hybridized carbons (Fsp3) is 0.412. The van der Waals surface area contributed by atoms with E-state index in [0.717, 1.165) is 10.5 Å². The number of β-amino-alcohol motifs (C(OH)–C–C–N with tert-alkyl or cyclic N) is 1. The summed E-state index contributed by atoms with van der Waals surface area (Å²) in [5, 5.41) is 10.3. The first kappa shape index (κ1) is 17.9. The van der Waals surface area contributed by atoms with Gasteiger partial charge in [-0.1, -0.05) is 17.1 Å². The van der Waals surface area contributed by atoms with Crippen molar-refractivity contribution in [3.05, 3.63) is 29.8 Å². The van der Waals surface area contributed by atoms with E-state index in [1.165, 1.54) is 23.6 Å². The van der Waals surface area contributed by atoms with Gasteiger partial charge >= 0.3 is 12.0 Å². The summed E-state index contributed by atoms with van der Waals surface area (Å²) in [6.45, 7) is 2.04. The molecule has 3 rings (SSSR count). The molecule has 3 amide bonds. The minimum Gasteiger partial charge on any atom is -0.491 e. The molecule has 9 heteroatoms. The molecule has 2 heterocycles. The number of amidine groups is 1. The van der Waals surface area contributed by atoms with E-state index in [1.807, 2.05) is 25.1 Å². The van der Waals surface area contributed by atoms with E-state index in [9.17, 15) is 14.7 Å². The van der Waals surface area contributed by atoms with Crippen molar-refractivity contribution < 1.29 is 24.0 Å². The molecule has 0 aromatic heterocycles. The number of aliphatic imine (C=N–C) groups is 1. The molecule has 9 nitrogen and oxygen atoms in total. The van der Waals surface area contributed by atoms with Crippen molar-refractivity contribution in [1.82, 2.24) is 9.80 Å². The Balaban J connectivity index is 1.69. The molecule has 2 aliphatic heterocycles. The largest absolute Gasteiger partial charge is 0.491 e. The zero-order valence-electron chi connectivity index (χ0n) is 14.9. The van der Waals surface area contributed by atoms with E-state index in [-0.39, 0.29) is 24.9 Å². The average Bonchev–Trinajstić information content (AvgIpc) is 2.93. The van der Waals surface area contributed by atoms with Gasteiger partial charge < -0.3 is 9.84 Å². The van der Waals surface area contributed by atoms with Gasteiger partial charge in [-0.15, -0.1) is 0 Å². The number of likely N-dealkylation sites (N-methyl/N-ethyl adjacent to an activating group) is 2. The van der Waals surface area contributed by atoms with Gasteiger partial charge in [0.05, 0.1) is 6.54 Å². The molecule has 0 radical (unpaired) electrons. The highest BCUT2D eigenvalue weighted by molar-refractivity contribution is 6.22. The van der Waals surface area contributed by atoms with Crippen LogP contribution in [0.4, 0.5) is 4.79 Å². The molecule has 138 valence electrons. The van der Waals surface area contributed by atoms with E-state index < -0.39 is 24.1 Å². The van der Waals surface area contributed by atoms with Crippen molar-refractivity contribution in [1.29, 1.82) is 0 Å².